The Balaban J connectivity index is 2.06. The standard InChI is InChI=1S/C15H16N2O/c1-11-6-7-12(2)14(9-11)15(18)17-10-13-5-3-4-8-16-13/h3-9H,10H2,1-2H3,(H,17,18). The molecule has 0 aliphatic rings. The van der Waals surface area contributed by atoms with Crippen molar-refractivity contribution in [1.29, 1.82) is 0 Å². The topological polar surface area (TPSA) is 42.0 Å². The van der Waals surface area contributed by atoms with Crippen LogP contribution in [0.4, 0.5) is 0 Å². The molecule has 0 aliphatic heterocycles. The lowest BCUT2D eigenvalue weighted by atomic mass is 10.1. The van der Waals surface area contributed by atoms with E-state index >= 15 is 0 Å². The Labute approximate surface area is 107 Å². The number of aromatic nitrogens is 1. The van der Waals surface area contributed by atoms with E-state index in [1.165, 1.54) is 0 Å². The van der Waals surface area contributed by atoms with Crippen molar-refractivity contribution in [3.05, 3.63) is 65.0 Å². The van der Waals surface area contributed by atoms with Gasteiger partial charge in [0.25, 0.3) is 5.91 Å². The third-order valence-electron chi connectivity index (χ3n) is 2.79. The molecule has 1 N–H and O–H groups in total. The molecule has 1 aromatic heterocycles. The summed E-state index contributed by atoms with van der Waals surface area (Å²) in [7, 11) is 0. The summed E-state index contributed by atoms with van der Waals surface area (Å²) in [5, 5.41) is 2.88. The second kappa shape index (κ2) is 5.45. The van der Waals surface area contributed by atoms with Crippen LogP contribution in [-0.4, -0.2) is 10.9 Å². The van der Waals surface area contributed by atoms with Crippen molar-refractivity contribution in [3.8, 4) is 0 Å². The maximum atomic E-state index is 12.1. The van der Waals surface area contributed by atoms with Crippen molar-refractivity contribution in [3.63, 3.8) is 0 Å². The third kappa shape index (κ3) is 2.94. The van der Waals surface area contributed by atoms with E-state index in [0.29, 0.717) is 6.54 Å². The predicted molar refractivity (Wildman–Crippen MR) is 71.3 cm³/mol. The Morgan fingerprint density at radius 1 is 1.22 bits per heavy atom. The molecule has 0 aliphatic carbocycles. The number of carbonyl (C=O) groups excluding carboxylic acids is 1. The number of amides is 1. The van der Waals surface area contributed by atoms with Crippen molar-refractivity contribution in [2.45, 2.75) is 20.4 Å². The Hall–Kier alpha value is -2.16. The number of rotatable bonds is 3. The first-order chi connectivity index (χ1) is 8.66. The maximum absolute atomic E-state index is 12.1. The summed E-state index contributed by atoms with van der Waals surface area (Å²) in [4.78, 5) is 16.2. The molecule has 0 unspecified atom stereocenters. The minimum absolute atomic E-state index is 0.0538. The van der Waals surface area contributed by atoms with Crippen LogP contribution in [0.2, 0.25) is 0 Å². The summed E-state index contributed by atoms with van der Waals surface area (Å²) >= 11 is 0. The summed E-state index contributed by atoms with van der Waals surface area (Å²) in [5.41, 5.74) is 3.66. The number of carbonyl (C=O) groups is 1. The fourth-order valence-corrected chi connectivity index (χ4v) is 1.75. The van der Waals surface area contributed by atoms with E-state index in [1.54, 1.807) is 6.20 Å². The number of pyridine rings is 1. The van der Waals surface area contributed by atoms with Gasteiger partial charge in [0, 0.05) is 11.8 Å². The van der Waals surface area contributed by atoms with Gasteiger partial charge in [0.05, 0.1) is 12.2 Å². The van der Waals surface area contributed by atoms with E-state index in [9.17, 15) is 4.79 Å². The molecule has 3 heteroatoms. The molecule has 3 nitrogen and oxygen atoms in total. The molecule has 1 amide bonds. The fourth-order valence-electron chi connectivity index (χ4n) is 1.75. The number of benzene rings is 1. The van der Waals surface area contributed by atoms with Gasteiger partial charge in [-0.25, -0.2) is 0 Å². The Bertz CT molecular complexity index is 550. The van der Waals surface area contributed by atoms with Crippen molar-refractivity contribution in [2.75, 3.05) is 0 Å². The van der Waals surface area contributed by atoms with E-state index in [2.05, 4.69) is 10.3 Å². The van der Waals surface area contributed by atoms with Gasteiger partial charge in [0.2, 0.25) is 0 Å². The van der Waals surface area contributed by atoms with Crippen LogP contribution < -0.4 is 5.32 Å². The lowest BCUT2D eigenvalue weighted by Gasteiger charge is -2.08. The van der Waals surface area contributed by atoms with Gasteiger partial charge in [-0.15, -0.1) is 0 Å². The van der Waals surface area contributed by atoms with Crippen molar-refractivity contribution in [1.82, 2.24) is 10.3 Å². The van der Waals surface area contributed by atoms with E-state index in [1.807, 2.05) is 50.2 Å². The van der Waals surface area contributed by atoms with Crippen LogP contribution in [0.1, 0.15) is 27.2 Å². The average Bonchev–Trinajstić information content (AvgIpc) is 2.40. The molecule has 18 heavy (non-hydrogen) atoms. The van der Waals surface area contributed by atoms with Gasteiger partial charge in [-0.05, 0) is 37.6 Å². The first-order valence-corrected chi connectivity index (χ1v) is 5.92. The second-order valence-electron chi connectivity index (χ2n) is 4.32. The smallest absolute Gasteiger partial charge is 0.251 e. The molecule has 92 valence electrons. The molecule has 0 fully saturated rings. The van der Waals surface area contributed by atoms with E-state index in [0.717, 1.165) is 22.4 Å². The molecule has 0 spiro atoms. The molecule has 0 atom stereocenters. The number of nitrogens with zero attached hydrogens (tertiary/aromatic N) is 1. The predicted octanol–water partition coefficient (Wildman–Crippen LogP) is 2.63. The maximum Gasteiger partial charge on any atom is 0.251 e. The number of hydrogen-bond acceptors (Lipinski definition) is 2. The summed E-state index contributed by atoms with van der Waals surface area (Å²) in [6.45, 7) is 4.37. The highest BCUT2D eigenvalue weighted by Crippen LogP contribution is 2.10. The lowest BCUT2D eigenvalue weighted by molar-refractivity contribution is 0.0949. The molecule has 0 bridgehead atoms. The van der Waals surface area contributed by atoms with Crippen LogP contribution in [0.25, 0.3) is 0 Å². The zero-order valence-electron chi connectivity index (χ0n) is 10.6. The second-order valence-corrected chi connectivity index (χ2v) is 4.32. The highest BCUT2D eigenvalue weighted by Gasteiger charge is 2.08. The van der Waals surface area contributed by atoms with E-state index in [4.69, 9.17) is 0 Å². The fraction of sp³-hybridized carbons (Fsp3) is 0.200. The normalized spacial score (nSPS) is 10.1. The molecule has 1 aromatic carbocycles. The molecule has 0 saturated carbocycles. The summed E-state index contributed by atoms with van der Waals surface area (Å²) in [6.07, 6.45) is 1.72. The SMILES string of the molecule is Cc1ccc(C)c(C(=O)NCc2ccccn2)c1. The van der Waals surface area contributed by atoms with Gasteiger partial charge in [-0.2, -0.15) is 0 Å². The highest BCUT2D eigenvalue weighted by atomic mass is 16.1. The minimum Gasteiger partial charge on any atom is -0.346 e. The molecule has 2 rings (SSSR count). The molecule has 2 aromatic rings. The van der Waals surface area contributed by atoms with Crippen molar-refractivity contribution in [2.24, 2.45) is 0 Å². The Kier molecular flexibility index (Phi) is 3.72. The van der Waals surface area contributed by atoms with Gasteiger partial charge in [0.15, 0.2) is 0 Å². The third-order valence-corrected chi connectivity index (χ3v) is 2.79. The van der Waals surface area contributed by atoms with Crippen LogP contribution >= 0.6 is 0 Å². The van der Waals surface area contributed by atoms with Gasteiger partial charge >= 0.3 is 0 Å². The zero-order chi connectivity index (χ0) is 13.0. The first kappa shape index (κ1) is 12.3. The molecule has 1 heterocycles. The molecule has 0 saturated heterocycles. The number of hydrogen-bond donors (Lipinski definition) is 1. The lowest BCUT2D eigenvalue weighted by Crippen LogP contribution is -2.24. The highest BCUT2D eigenvalue weighted by molar-refractivity contribution is 5.95. The summed E-state index contributed by atoms with van der Waals surface area (Å²) < 4.78 is 0. The zero-order valence-corrected chi connectivity index (χ0v) is 10.6. The quantitative estimate of drug-likeness (QED) is 0.896. The van der Waals surface area contributed by atoms with Gasteiger partial charge in [0.1, 0.15) is 0 Å². The first-order valence-electron chi connectivity index (χ1n) is 5.92. The largest absolute Gasteiger partial charge is 0.346 e. The summed E-state index contributed by atoms with van der Waals surface area (Å²) in [6, 6.07) is 11.5. The van der Waals surface area contributed by atoms with E-state index < -0.39 is 0 Å². The molecule has 0 radical (unpaired) electrons. The summed E-state index contributed by atoms with van der Waals surface area (Å²) in [5.74, 6) is -0.0538. The Morgan fingerprint density at radius 2 is 2.06 bits per heavy atom. The van der Waals surface area contributed by atoms with Crippen LogP contribution in [0.15, 0.2) is 42.6 Å². The molecular weight excluding hydrogens is 224 g/mol. The molecular formula is C15H16N2O. The minimum atomic E-state index is -0.0538. The number of aryl methyl sites for hydroxylation is 2. The Morgan fingerprint density at radius 3 is 2.78 bits per heavy atom. The van der Waals surface area contributed by atoms with Crippen LogP contribution in [0.5, 0.6) is 0 Å². The monoisotopic (exact) mass is 240 g/mol. The average molecular weight is 240 g/mol. The van der Waals surface area contributed by atoms with Crippen LogP contribution in [0, 0.1) is 13.8 Å². The number of nitrogens with one attached hydrogen (secondary N) is 1. The van der Waals surface area contributed by atoms with Crippen molar-refractivity contribution < 1.29 is 4.79 Å². The van der Waals surface area contributed by atoms with E-state index in [-0.39, 0.29) is 5.91 Å². The van der Waals surface area contributed by atoms with Gasteiger partial charge in [-0.3, -0.25) is 9.78 Å². The van der Waals surface area contributed by atoms with Gasteiger partial charge < -0.3 is 5.32 Å². The van der Waals surface area contributed by atoms with Crippen LogP contribution in [-0.2, 0) is 6.54 Å². The van der Waals surface area contributed by atoms with Crippen molar-refractivity contribution >= 4 is 5.91 Å². The van der Waals surface area contributed by atoms with Crippen LogP contribution in [0.3, 0.4) is 0 Å². The van der Waals surface area contributed by atoms with Gasteiger partial charge in [-0.1, -0.05) is 23.8 Å².